The van der Waals surface area contributed by atoms with Gasteiger partial charge in [-0.1, -0.05) is 11.3 Å². The summed E-state index contributed by atoms with van der Waals surface area (Å²) in [7, 11) is 1.66. The van der Waals surface area contributed by atoms with Gasteiger partial charge in [-0.05, 0) is 38.1 Å². The number of aryl methyl sites for hydroxylation is 2. The molecule has 0 spiro atoms. The van der Waals surface area contributed by atoms with Gasteiger partial charge < -0.3 is 14.4 Å². The number of benzene rings is 1. The van der Waals surface area contributed by atoms with Gasteiger partial charge >= 0.3 is 0 Å². The highest BCUT2D eigenvalue weighted by molar-refractivity contribution is 7.20. The molecule has 3 aromatic rings. The number of piperidine rings is 1. The van der Waals surface area contributed by atoms with Crippen molar-refractivity contribution >= 4 is 27.5 Å². The van der Waals surface area contributed by atoms with Crippen molar-refractivity contribution in [1.82, 2.24) is 19.7 Å². The highest BCUT2D eigenvalue weighted by Crippen LogP contribution is 2.32. The first-order valence-corrected chi connectivity index (χ1v) is 10.3. The Morgan fingerprint density at radius 3 is 2.79 bits per heavy atom. The van der Waals surface area contributed by atoms with Crippen LogP contribution in [0.5, 0.6) is 10.9 Å². The van der Waals surface area contributed by atoms with Gasteiger partial charge in [0.15, 0.2) is 0 Å². The molecule has 0 saturated carbocycles. The SMILES string of the molecule is CCn1nc(C)cc1C(=O)N1CCC(Oc2nc3ccc(OC)cc3s2)CC1. The maximum atomic E-state index is 12.8. The molecule has 28 heavy (non-hydrogen) atoms. The van der Waals surface area contributed by atoms with Crippen LogP contribution >= 0.6 is 11.3 Å². The van der Waals surface area contributed by atoms with Crippen LogP contribution in [-0.4, -0.2) is 51.9 Å². The standard InChI is InChI=1S/C20H24N4O3S/c1-4-24-17(11-13(2)22-24)19(25)23-9-7-14(8-10-23)27-20-21-16-6-5-15(26-3)12-18(16)28-20/h5-6,11-12,14H,4,7-10H2,1-3H3. The molecule has 0 bridgehead atoms. The lowest BCUT2D eigenvalue weighted by Gasteiger charge is -2.31. The first kappa shape index (κ1) is 18.7. The zero-order chi connectivity index (χ0) is 19.7. The van der Waals surface area contributed by atoms with Crippen molar-refractivity contribution in [2.75, 3.05) is 20.2 Å². The molecule has 0 atom stereocenters. The minimum Gasteiger partial charge on any atom is -0.497 e. The third-order valence-electron chi connectivity index (χ3n) is 4.99. The Morgan fingerprint density at radius 2 is 2.07 bits per heavy atom. The van der Waals surface area contributed by atoms with E-state index in [1.807, 2.05) is 43.0 Å². The number of hydrogen-bond donors (Lipinski definition) is 0. The van der Waals surface area contributed by atoms with Crippen LogP contribution in [-0.2, 0) is 6.54 Å². The lowest BCUT2D eigenvalue weighted by molar-refractivity contribution is 0.0584. The van der Waals surface area contributed by atoms with Gasteiger partial charge in [0.2, 0.25) is 0 Å². The molecule has 2 aromatic heterocycles. The van der Waals surface area contributed by atoms with E-state index in [0.29, 0.717) is 30.5 Å². The van der Waals surface area contributed by atoms with E-state index in [2.05, 4.69) is 10.1 Å². The third-order valence-corrected chi connectivity index (χ3v) is 5.90. The number of hydrogen-bond acceptors (Lipinski definition) is 6. The number of ether oxygens (including phenoxy) is 2. The van der Waals surface area contributed by atoms with E-state index < -0.39 is 0 Å². The van der Waals surface area contributed by atoms with Crippen LogP contribution in [0.25, 0.3) is 10.2 Å². The van der Waals surface area contributed by atoms with E-state index in [0.717, 1.165) is 34.5 Å². The van der Waals surface area contributed by atoms with E-state index >= 15 is 0 Å². The zero-order valence-corrected chi connectivity index (χ0v) is 17.2. The fraction of sp³-hybridized carbons (Fsp3) is 0.450. The minimum atomic E-state index is 0.0491. The Morgan fingerprint density at radius 1 is 1.29 bits per heavy atom. The van der Waals surface area contributed by atoms with Crippen LogP contribution in [0.2, 0.25) is 0 Å². The summed E-state index contributed by atoms with van der Waals surface area (Å²) in [6.45, 7) is 5.96. The molecule has 0 N–H and O–H groups in total. The van der Waals surface area contributed by atoms with Crippen molar-refractivity contribution < 1.29 is 14.3 Å². The van der Waals surface area contributed by atoms with Crippen LogP contribution in [0.3, 0.4) is 0 Å². The van der Waals surface area contributed by atoms with Gasteiger partial charge in [0, 0.05) is 32.5 Å². The van der Waals surface area contributed by atoms with Crippen molar-refractivity contribution in [2.45, 2.75) is 39.3 Å². The van der Waals surface area contributed by atoms with Gasteiger partial charge in [-0.25, -0.2) is 4.98 Å². The molecule has 1 amide bonds. The van der Waals surface area contributed by atoms with Crippen LogP contribution < -0.4 is 9.47 Å². The van der Waals surface area contributed by atoms with Crippen molar-refractivity contribution in [2.24, 2.45) is 0 Å². The smallest absolute Gasteiger partial charge is 0.274 e. The zero-order valence-electron chi connectivity index (χ0n) is 16.3. The van der Waals surface area contributed by atoms with Crippen molar-refractivity contribution in [3.63, 3.8) is 0 Å². The second-order valence-corrected chi connectivity index (χ2v) is 7.90. The highest BCUT2D eigenvalue weighted by atomic mass is 32.1. The number of aromatic nitrogens is 3. The first-order valence-electron chi connectivity index (χ1n) is 9.52. The van der Waals surface area contributed by atoms with Gasteiger partial charge in [0.25, 0.3) is 11.1 Å². The normalized spacial score (nSPS) is 15.2. The summed E-state index contributed by atoms with van der Waals surface area (Å²) < 4.78 is 14.2. The Kier molecular flexibility index (Phi) is 5.21. The van der Waals surface area contributed by atoms with Crippen LogP contribution in [0, 0.1) is 6.92 Å². The quantitative estimate of drug-likeness (QED) is 0.655. The molecular formula is C20H24N4O3S. The highest BCUT2D eigenvalue weighted by Gasteiger charge is 2.27. The number of fused-ring (bicyclic) bond motifs is 1. The topological polar surface area (TPSA) is 69.5 Å². The van der Waals surface area contributed by atoms with E-state index in [1.165, 1.54) is 11.3 Å². The summed E-state index contributed by atoms with van der Waals surface area (Å²) in [4.78, 5) is 19.3. The number of nitrogens with zero attached hydrogens (tertiary/aromatic N) is 4. The lowest BCUT2D eigenvalue weighted by Crippen LogP contribution is -2.42. The Bertz CT molecular complexity index is 989. The molecular weight excluding hydrogens is 376 g/mol. The van der Waals surface area contributed by atoms with Crippen molar-refractivity contribution in [1.29, 1.82) is 0 Å². The Balaban J connectivity index is 1.38. The van der Waals surface area contributed by atoms with Gasteiger partial charge in [-0.15, -0.1) is 0 Å². The number of carbonyl (C=O) groups excluding carboxylic acids is 1. The fourth-order valence-corrected chi connectivity index (χ4v) is 4.41. The minimum absolute atomic E-state index is 0.0491. The van der Waals surface area contributed by atoms with Crippen molar-refractivity contribution in [3.05, 3.63) is 35.7 Å². The molecule has 7 nitrogen and oxygen atoms in total. The molecule has 1 aromatic carbocycles. The van der Waals surface area contributed by atoms with Crippen LogP contribution in [0.15, 0.2) is 24.3 Å². The summed E-state index contributed by atoms with van der Waals surface area (Å²) in [5, 5.41) is 5.05. The first-order chi connectivity index (χ1) is 13.6. The van der Waals surface area contributed by atoms with E-state index in [9.17, 15) is 4.79 Å². The van der Waals surface area contributed by atoms with E-state index in [4.69, 9.17) is 9.47 Å². The summed E-state index contributed by atoms with van der Waals surface area (Å²) in [5.41, 5.74) is 2.45. The molecule has 0 unspecified atom stereocenters. The summed E-state index contributed by atoms with van der Waals surface area (Å²) in [6, 6.07) is 7.68. The van der Waals surface area contributed by atoms with Crippen LogP contribution in [0.1, 0.15) is 35.9 Å². The van der Waals surface area contributed by atoms with Gasteiger partial charge in [-0.2, -0.15) is 5.10 Å². The summed E-state index contributed by atoms with van der Waals surface area (Å²) in [6.07, 6.45) is 1.67. The van der Waals surface area contributed by atoms with E-state index in [1.54, 1.807) is 11.8 Å². The molecule has 1 fully saturated rings. The Hall–Kier alpha value is -2.61. The number of methoxy groups -OCH3 is 1. The van der Waals surface area contributed by atoms with E-state index in [-0.39, 0.29) is 12.0 Å². The van der Waals surface area contributed by atoms with Crippen LogP contribution in [0.4, 0.5) is 0 Å². The Labute approximate surface area is 167 Å². The maximum Gasteiger partial charge on any atom is 0.274 e. The summed E-state index contributed by atoms with van der Waals surface area (Å²) in [5.74, 6) is 0.865. The van der Waals surface area contributed by atoms with Crippen molar-refractivity contribution in [3.8, 4) is 10.9 Å². The predicted octanol–water partition coefficient (Wildman–Crippen LogP) is 3.51. The molecule has 3 heterocycles. The molecule has 1 aliphatic rings. The average Bonchev–Trinajstić information content (AvgIpc) is 3.29. The number of rotatable bonds is 5. The van der Waals surface area contributed by atoms with Gasteiger partial charge in [0.05, 0.1) is 23.0 Å². The molecule has 1 saturated heterocycles. The molecule has 0 radical (unpaired) electrons. The molecule has 4 rings (SSSR count). The lowest BCUT2D eigenvalue weighted by atomic mass is 10.1. The fourth-order valence-electron chi connectivity index (χ4n) is 3.50. The number of amides is 1. The molecule has 8 heteroatoms. The van der Waals surface area contributed by atoms with Gasteiger partial charge in [-0.3, -0.25) is 9.48 Å². The third kappa shape index (κ3) is 3.69. The van der Waals surface area contributed by atoms with Gasteiger partial charge in [0.1, 0.15) is 17.5 Å². The maximum absolute atomic E-state index is 12.8. The summed E-state index contributed by atoms with van der Waals surface area (Å²) >= 11 is 1.53. The number of likely N-dealkylation sites (tertiary alicyclic amines) is 1. The number of carbonyl (C=O) groups is 1. The average molecular weight is 401 g/mol. The predicted molar refractivity (Wildman–Crippen MR) is 108 cm³/mol. The second-order valence-electron chi connectivity index (χ2n) is 6.91. The number of thiazole rings is 1. The second kappa shape index (κ2) is 7.79. The molecule has 0 aliphatic carbocycles. The largest absolute Gasteiger partial charge is 0.497 e. The molecule has 1 aliphatic heterocycles. The monoisotopic (exact) mass is 400 g/mol. The molecule has 148 valence electrons.